The van der Waals surface area contributed by atoms with Crippen LogP contribution in [0.4, 0.5) is 10.5 Å². The van der Waals surface area contributed by atoms with Crippen LogP contribution in [0.3, 0.4) is 0 Å². The van der Waals surface area contributed by atoms with E-state index in [1.54, 1.807) is 51.4 Å². The molecule has 0 saturated carbocycles. The summed E-state index contributed by atoms with van der Waals surface area (Å²) in [7, 11) is 5.12. The highest BCUT2D eigenvalue weighted by atomic mass is 16.7. The predicted octanol–water partition coefficient (Wildman–Crippen LogP) is 2.13. The van der Waals surface area contributed by atoms with Crippen molar-refractivity contribution < 1.29 is 38.1 Å². The van der Waals surface area contributed by atoms with E-state index in [2.05, 4.69) is 5.32 Å². The standard InChI is InChI=1S/C25H30N2O8/c1-12-18-16-10-13(23(29)32-16)19(27(3)4)20(21-25(2,35-21)11-17(18)33-22(12)28)34-24(30)26-14-8-6-7-9-15(14)31-5/h6-10,12,16-21H,11H2,1-5H3,(H,26,30). The van der Waals surface area contributed by atoms with Gasteiger partial charge < -0.3 is 23.7 Å². The first-order valence-corrected chi connectivity index (χ1v) is 11.7. The number of epoxide rings is 1. The lowest BCUT2D eigenvalue weighted by atomic mass is 9.79. The monoisotopic (exact) mass is 486 g/mol. The van der Waals surface area contributed by atoms with E-state index in [1.165, 1.54) is 7.11 Å². The van der Waals surface area contributed by atoms with Gasteiger partial charge in [0.15, 0.2) is 6.10 Å². The molecule has 1 aliphatic carbocycles. The number of carbonyl (C=O) groups is 3. The van der Waals surface area contributed by atoms with Gasteiger partial charge in [-0.3, -0.25) is 15.0 Å². The van der Waals surface area contributed by atoms with Gasteiger partial charge in [0.05, 0.1) is 35.9 Å². The number of hydrogen-bond donors (Lipinski definition) is 1. The van der Waals surface area contributed by atoms with Crippen LogP contribution in [0.25, 0.3) is 0 Å². The van der Waals surface area contributed by atoms with E-state index < -0.39 is 54.0 Å². The van der Waals surface area contributed by atoms with Gasteiger partial charge in [0.2, 0.25) is 0 Å². The first-order chi connectivity index (χ1) is 16.6. The first kappa shape index (κ1) is 23.6. The van der Waals surface area contributed by atoms with E-state index in [4.69, 9.17) is 23.7 Å². The molecule has 1 N–H and O–H groups in total. The fourth-order valence-electron chi connectivity index (χ4n) is 5.65. The molecule has 3 aliphatic heterocycles. The van der Waals surface area contributed by atoms with Crippen LogP contribution in [0.15, 0.2) is 35.9 Å². The van der Waals surface area contributed by atoms with Crippen molar-refractivity contribution in [3.8, 4) is 5.75 Å². The Hall–Kier alpha value is -3.11. The zero-order valence-corrected chi connectivity index (χ0v) is 20.3. The van der Waals surface area contributed by atoms with Crippen molar-refractivity contribution >= 4 is 23.7 Å². The number of ether oxygens (including phenoxy) is 5. The number of benzene rings is 1. The van der Waals surface area contributed by atoms with Gasteiger partial charge in [-0.15, -0.1) is 0 Å². The molecule has 2 bridgehead atoms. The van der Waals surface area contributed by atoms with Crippen LogP contribution in [-0.4, -0.2) is 80.2 Å². The number of rotatable bonds is 4. The molecule has 0 spiro atoms. The van der Waals surface area contributed by atoms with E-state index in [1.807, 2.05) is 11.8 Å². The highest BCUT2D eigenvalue weighted by molar-refractivity contribution is 5.93. The molecular formula is C25H30N2O8. The van der Waals surface area contributed by atoms with Crippen molar-refractivity contribution in [2.24, 2.45) is 11.8 Å². The van der Waals surface area contributed by atoms with Crippen LogP contribution < -0.4 is 10.1 Å². The van der Waals surface area contributed by atoms with E-state index >= 15 is 0 Å². The molecule has 5 rings (SSSR count). The highest BCUT2D eigenvalue weighted by Gasteiger charge is 2.65. The number of likely N-dealkylation sites (N-methyl/N-ethyl adjacent to an activating group) is 1. The van der Waals surface area contributed by atoms with Gasteiger partial charge in [0.1, 0.15) is 24.1 Å². The second-order valence-electron chi connectivity index (χ2n) is 9.99. The first-order valence-electron chi connectivity index (χ1n) is 11.7. The summed E-state index contributed by atoms with van der Waals surface area (Å²) in [5.74, 6) is -1.04. The molecule has 0 aromatic heterocycles. The Morgan fingerprint density at radius 3 is 2.66 bits per heavy atom. The molecular weight excluding hydrogens is 456 g/mol. The lowest BCUT2D eigenvalue weighted by Crippen LogP contribution is -2.49. The minimum absolute atomic E-state index is 0.306. The third-order valence-electron chi connectivity index (χ3n) is 7.47. The Morgan fingerprint density at radius 1 is 1.20 bits per heavy atom. The molecule has 8 unspecified atom stereocenters. The molecule has 0 radical (unpaired) electrons. The number of methoxy groups -OCH3 is 1. The molecule has 3 heterocycles. The van der Waals surface area contributed by atoms with E-state index in [-0.39, 0.29) is 11.9 Å². The summed E-state index contributed by atoms with van der Waals surface area (Å²) in [6, 6.07) is 6.37. The van der Waals surface area contributed by atoms with Crippen molar-refractivity contribution in [2.75, 3.05) is 26.5 Å². The van der Waals surface area contributed by atoms with Crippen LogP contribution in [-0.2, 0) is 28.5 Å². The third kappa shape index (κ3) is 4.04. The number of para-hydroxylation sites is 2. The SMILES string of the molecule is COc1ccccc1NC(=O)OC1C(N(C)C)C2=CC(OC2=O)C2C(CC3(C)OC13)OC(=O)C2C. The minimum atomic E-state index is -0.826. The molecule has 2 saturated heterocycles. The van der Waals surface area contributed by atoms with Gasteiger partial charge >= 0.3 is 18.0 Å². The molecule has 1 aromatic carbocycles. The molecule has 10 nitrogen and oxygen atoms in total. The van der Waals surface area contributed by atoms with Gasteiger partial charge in [-0.2, -0.15) is 0 Å². The summed E-state index contributed by atoms with van der Waals surface area (Å²) in [6.07, 6.45) is -0.962. The van der Waals surface area contributed by atoms with E-state index in [0.29, 0.717) is 23.4 Å². The van der Waals surface area contributed by atoms with Crippen molar-refractivity contribution in [1.82, 2.24) is 4.90 Å². The topological polar surface area (TPSA) is 116 Å². The van der Waals surface area contributed by atoms with Crippen molar-refractivity contribution in [2.45, 2.75) is 56.3 Å². The number of hydrogen-bond acceptors (Lipinski definition) is 9. The lowest BCUT2D eigenvalue weighted by Gasteiger charge is -2.32. The molecule has 4 aliphatic rings. The third-order valence-corrected chi connectivity index (χ3v) is 7.47. The maximum atomic E-state index is 13.0. The maximum Gasteiger partial charge on any atom is 0.412 e. The average molecular weight is 487 g/mol. The van der Waals surface area contributed by atoms with Gasteiger partial charge in [0.25, 0.3) is 0 Å². The van der Waals surface area contributed by atoms with Gasteiger partial charge in [-0.25, -0.2) is 9.59 Å². The number of nitrogens with zero attached hydrogens (tertiary/aromatic N) is 1. The van der Waals surface area contributed by atoms with Crippen LogP contribution in [0.1, 0.15) is 20.3 Å². The zero-order valence-electron chi connectivity index (χ0n) is 20.3. The predicted molar refractivity (Wildman–Crippen MR) is 123 cm³/mol. The quantitative estimate of drug-likeness (QED) is 0.388. The minimum Gasteiger partial charge on any atom is -0.495 e. The fraction of sp³-hybridized carbons (Fsp3) is 0.560. The van der Waals surface area contributed by atoms with Crippen molar-refractivity contribution in [1.29, 1.82) is 0 Å². The average Bonchev–Trinajstić information content (AvgIpc) is 3.20. The number of esters is 2. The van der Waals surface area contributed by atoms with Gasteiger partial charge in [0, 0.05) is 12.3 Å². The fourth-order valence-corrected chi connectivity index (χ4v) is 5.65. The summed E-state index contributed by atoms with van der Waals surface area (Å²) in [5, 5.41) is 2.72. The second kappa shape index (κ2) is 8.53. The smallest absolute Gasteiger partial charge is 0.412 e. The normalized spacial score (nSPS) is 37.4. The number of carbonyl (C=O) groups excluding carboxylic acids is 3. The Balaban J connectivity index is 1.48. The number of anilines is 1. The largest absolute Gasteiger partial charge is 0.495 e. The summed E-state index contributed by atoms with van der Waals surface area (Å²) >= 11 is 0. The Kier molecular flexibility index (Phi) is 5.76. The maximum absolute atomic E-state index is 13.0. The molecule has 188 valence electrons. The Morgan fingerprint density at radius 2 is 1.94 bits per heavy atom. The Bertz CT molecular complexity index is 1090. The van der Waals surface area contributed by atoms with Crippen LogP contribution in [0.2, 0.25) is 0 Å². The van der Waals surface area contributed by atoms with Crippen LogP contribution in [0.5, 0.6) is 5.75 Å². The van der Waals surface area contributed by atoms with Gasteiger partial charge in [-0.05, 0) is 39.2 Å². The van der Waals surface area contributed by atoms with Crippen LogP contribution >= 0.6 is 0 Å². The zero-order chi connectivity index (χ0) is 25.1. The van der Waals surface area contributed by atoms with Gasteiger partial charge in [-0.1, -0.05) is 19.1 Å². The van der Waals surface area contributed by atoms with E-state index in [9.17, 15) is 14.4 Å². The molecule has 2 fully saturated rings. The summed E-state index contributed by atoms with van der Waals surface area (Å²) in [6.45, 7) is 3.71. The van der Waals surface area contributed by atoms with Crippen LogP contribution in [0, 0.1) is 11.8 Å². The molecule has 35 heavy (non-hydrogen) atoms. The summed E-state index contributed by atoms with van der Waals surface area (Å²) in [5.41, 5.74) is 0.132. The number of nitrogens with one attached hydrogen (secondary N) is 1. The summed E-state index contributed by atoms with van der Waals surface area (Å²) < 4.78 is 28.8. The second-order valence-corrected chi connectivity index (χ2v) is 9.99. The Labute approximate surface area is 203 Å². The highest BCUT2D eigenvalue weighted by Crippen LogP contribution is 2.51. The van der Waals surface area contributed by atoms with Crippen molar-refractivity contribution in [3.05, 3.63) is 35.9 Å². The lowest BCUT2D eigenvalue weighted by molar-refractivity contribution is -0.144. The molecule has 10 heteroatoms. The molecule has 8 atom stereocenters. The van der Waals surface area contributed by atoms with E-state index in [0.717, 1.165) is 0 Å². The summed E-state index contributed by atoms with van der Waals surface area (Å²) in [4.78, 5) is 40.3. The molecule has 1 amide bonds. The number of fused-ring (bicyclic) bond motifs is 4. The molecule has 1 aromatic rings. The number of amides is 1. The van der Waals surface area contributed by atoms with Crippen molar-refractivity contribution in [3.63, 3.8) is 0 Å².